The summed E-state index contributed by atoms with van der Waals surface area (Å²) in [5.74, 6) is -0.833. The Hall–Kier alpha value is -1.61. The molecule has 1 fully saturated rings. The molecule has 1 atom stereocenters. The molecule has 0 spiro atoms. The standard InChI is InChI=1S/C15H19F3N2O3S/c1-24(22,23)20-7-3-5-12(10-20)14(21)19-9-11-4-2-6-13(8-11)15(16,17)18/h2,4,6,8,12H,3,5,7,9-10H2,1H3,(H,19,21). The van der Waals surface area contributed by atoms with Gasteiger partial charge in [0.1, 0.15) is 0 Å². The molecule has 0 saturated carbocycles. The second-order valence-corrected chi connectivity index (χ2v) is 7.86. The van der Waals surface area contributed by atoms with Gasteiger partial charge in [0.2, 0.25) is 15.9 Å². The van der Waals surface area contributed by atoms with E-state index in [9.17, 15) is 26.4 Å². The zero-order valence-electron chi connectivity index (χ0n) is 13.1. The van der Waals surface area contributed by atoms with Crippen molar-refractivity contribution in [2.75, 3.05) is 19.3 Å². The van der Waals surface area contributed by atoms with Crippen LogP contribution in [0, 0.1) is 5.92 Å². The maximum Gasteiger partial charge on any atom is 0.416 e. The number of halogens is 3. The summed E-state index contributed by atoms with van der Waals surface area (Å²) in [6.45, 7) is 0.460. The Morgan fingerprint density at radius 1 is 1.38 bits per heavy atom. The Bertz CT molecular complexity index is 704. The van der Waals surface area contributed by atoms with Crippen LogP contribution in [0.5, 0.6) is 0 Å². The fourth-order valence-corrected chi connectivity index (χ4v) is 3.56. The number of piperidine rings is 1. The molecule has 0 aromatic heterocycles. The van der Waals surface area contributed by atoms with Gasteiger partial charge in [-0.3, -0.25) is 4.79 Å². The third kappa shape index (κ3) is 4.94. The Balaban J connectivity index is 1.96. The van der Waals surface area contributed by atoms with Crippen molar-refractivity contribution in [3.05, 3.63) is 35.4 Å². The fourth-order valence-electron chi connectivity index (χ4n) is 2.65. The predicted molar refractivity (Wildman–Crippen MR) is 82.4 cm³/mol. The minimum atomic E-state index is -4.43. The van der Waals surface area contributed by atoms with E-state index in [-0.39, 0.29) is 19.0 Å². The number of nitrogens with one attached hydrogen (secondary N) is 1. The molecule has 9 heteroatoms. The van der Waals surface area contributed by atoms with Crippen LogP contribution in [0.1, 0.15) is 24.0 Å². The van der Waals surface area contributed by atoms with Crippen molar-refractivity contribution >= 4 is 15.9 Å². The molecule has 1 saturated heterocycles. The summed E-state index contributed by atoms with van der Waals surface area (Å²) >= 11 is 0. The molecule has 1 aliphatic rings. The molecule has 0 aliphatic carbocycles. The number of sulfonamides is 1. The number of hydrogen-bond donors (Lipinski definition) is 1. The van der Waals surface area contributed by atoms with E-state index in [1.165, 1.54) is 16.4 Å². The van der Waals surface area contributed by atoms with Crippen LogP contribution in [0.4, 0.5) is 13.2 Å². The third-order valence-corrected chi connectivity index (χ3v) is 5.21. The minimum Gasteiger partial charge on any atom is -0.352 e. The van der Waals surface area contributed by atoms with Crippen LogP contribution in [0.25, 0.3) is 0 Å². The van der Waals surface area contributed by atoms with Crippen molar-refractivity contribution in [1.82, 2.24) is 9.62 Å². The summed E-state index contributed by atoms with van der Waals surface area (Å²) in [7, 11) is -3.35. The molecule has 1 N–H and O–H groups in total. The van der Waals surface area contributed by atoms with Crippen molar-refractivity contribution < 1.29 is 26.4 Å². The Morgan fingerprint density at radius 2 is 2.08 bits per heavy atom. The number of amides is 1. The van der Waals surface area contributed by atoms with Crippen LogP contribution in [0.3, 0.4) is 0 Å². The molecule has 2 rings (SSSR count). The van der Waals surface area contributed by atoms with Crippen molar-refractivity contribution in [3.63, 3.8) is 0 Å². The second kappa shape index (κ2) is 7.10. The molecule has 1 aromatic rings. The van der Waals surface area contributed by atoms with E-state index in [1.54, 1.807) is 0 Å². The van der Waals surface area contributed by atoms with Gasteiger partial charge in [-0.15, -0.1) is 0 Å². The van der Waals surface area contributed by atoms with Gasteiger partial charge >= 0.3 is 6.18 Å². The molecule has 5 nitrogen and oxygen atoms in total. The average Bonchev–Trinajstić information content (AvgIpc) is 2.51. The second-order valence-electron chi connectivity index (χ2n) is 5.88. The van der Waals surface area contributed by atoms with Crippen LogP contribution in [-0.2, 0) is 27.5 Å². The van der Waals surface area contributed by atoms with E-state index >= 15 is 0 Å². The van der Waals surface area contributed by atoms with Crippen LogP contribution >= 0.6 is 0 Å². The molecule has 1 heterocycles. The third-order valence-electron chi connectivity index (χ3n) is 3.94. The largest absolute Gasteiger partial charge is 0.416 e. The van der Waals surface area contributed by atoms with E-state index < -0.39 is 27.7 Å². The molecule has 1 unspecified atom stereocenters. The molecular formula is C15H19F3N2O3S. The SMILES string of the molecule is CS(=O)(=O)N1CCCC(C(=O)NCc2cccc(C(F)(F)F)c2)C1. The molecule has 1 aromatic carbocycles. The Kier molecular flexibility index (Phi) is 5.54. The first-order valence-corrected chi connectivity index (χ1v) is 9.31. The first-order chi connectivity index (χ1) is 11.1. The molecule has 24 heavy (non-hydrogen) atoms. The lowest BCUT2D eigenvalue weighted by molar-refractivity contribution is -0.137. The number of nitrogens with zero attached hydrogens (tertiary/aromatic N) is 1. The highest BCUT2D eigenvalue weighted by atomic mass is 32.2. The van der Waals surface area contributed by atoms with E-state index in [4.69, 9.17) is 0 Å². The summed E-state index contributed by atoms with van der Waals surface area (Å²) in [5, 5.41) is 2.59. The quantitative estimate of drug-likeness (QED) is 0.889. The number of alkyl halides is 3. The van der Waals surface area contributed by atoms with Crippen LogP contribution < -0.4 is 5.32 Å². The van der Waals surface area contributed by atoms with Gasteiger partial charge < -0.3 is 5.32 Å². The van der Waals surface area contributed by atoms with Crippen LogP contribution in [0.2, 0.25) is 0 Å². The van der Waals surface area contributed by atoms with Crippen LogP contribution in [-0.4, -0.2) is 38.0 Å². The summed E-state index contributed by atoms with van der Waals surface area (Å²) in [4.78, 5) is 12.2. The molecule has 1 aliphatic heterocycles. The van der Waals surface area contributed by atoms with E-state index in [2.05, 4.69) is 5.32 Å². The number of hydrogen-bond acceptors (Lipinski definition) is 3. The maximum absolute atomic E-state index is 12.7. The number of carbonyl (C=O) groups is 1. The monoisotopic (exact) mass is 364 g/mol. The summed E-state index contributed by atoms with van der Waals surface area (Å²) in [6.07, 6.45) is -2.20. The smallest absolute Gasteiger partial charge is 0.352 e. The average molecular weight is 364 g/mol. The first-order valence-electron chi connectivity index (χ1n) is 7.46. The molecule has 134 valence electrons. The highest BCUT2D eigenvalue weighted by Crippen LogP contribution is 2.29. The van der Waals surface area contributed by atoms with E-state index in [1.807, 2.05) is 0 Å². The molecule has 0 radical (unpaired) electrons. The van der Waals surface area contributed by atoms with Crippen LogP contribution in [0.15, 0.2) is 24.3 Å². The van der Waals surface area contributed by atoms with Gasteiger partial charge in [-0.2, -0.15) is 13.2 Å². The van der Waals surface area contributed by atoms with Gasteiger partial charge in [0.05, 0.1) is 17.7 Å². The number of rotatable bonds is 4. The zero-order valence-corrected chi connectivity index (χ0v) is 14.0. The Morgan fingerprint density at radius 3 is 2.71 bits per heavy atom. The van der Waals surface area contributed by atoms with Crippen molar-refractivity contribution in [2.45, 2.75) is 25.6 Å². The maximum atomic E-state index is 12.7. The zero-order chi connectivity index (χ0) is 18.0. The fraction of sp³-hybridized carbons (Fsp3) is 0.533. The van der Waals surface area contributed by atoms with Gasteiger partial charge in [0.15, 0.2) is 0 Å². The van der Waals surface area contributed by atoms with Crippen molar-refractivity contribution in [3.8, 4) is 0 Å². The normalized spacial score (nSPS) is 19.9. The molecular weight excluding hydrogens is 345 g/mol. The van der Waals surface area contributed by atoms with Gasteiger partial charge in [-0.1, -0.05) is 12.1 Å². The lowest BCUT2D eigenvalue weighted by atomic mass is 9.98. The van der Waals surface area contributed by atoms with E-state index in [0.717, 1.165) is 18.4 Å². The van der Waals surface area contributed by atoms with Gasteiger partial charge in [0.25, 0.3) is 0 Å². The van der Waals surface area contributed by atoms with Crippen molar-refractivity contribution in [2.24, 2.45) is 5.92 Å². The number of benzene rings is 1. The lowest BCUT2D eigenvalue weighted by Crippen LogP contribution is -2.44. The van der Waals surface area contributed by atoms with E-state index in [0.29, 0.717) is 24.9 Å². The highest BCUT2D eigenvalue weighted by Gasteiger charge is 2.31. The summed E-state index contributed by atoms with van der Waals surface area (Å²) < 4.78 is 62.3. The molecule has 1 amide bonds. The van der Waals surface area contributed by atoms with Gasteiger partial charge in [-0.25, -0.2) is 12.7 Å². The minimum absolute atomic E-state index is 0.0296. The van der Waals surface area contributed by atoms with Gasteiger partial charge in [-0.05, 0) is 30.5 Å². The predicted octanol–water partition coefficient (Wildman–Crippen LogP) is 1.99. The van der Waals surface area contributed by atoms with Crippen molar-refractivity contribution in [1.29, 1.82) is 0 Å². The first kappa shape index (κ1) is 18.7. The highest BCUT2D eigenvalue weighted by molar-refractivity contribution is 7.88. The Labute approximate surface area is 138 Å². The lowest BCUT2D eigenvalue weighted by Gasteiger charge is -2.30. The van der Waals surface area contributed by atoms with Gasteiger partial charge in [0, 0.05) is 19.6 Å². The molecule has 0 bridgehead atoms. The summed E-state index contributed by atoms with van der Waals surface area (Å²) in [6, 6.07) is 4.75. The number of carbonyl (C=O) groups excluding carboxylic acids is 1. The summed E-state index contributed by atoms with van der Waals surface area (Å²) in [5.41, 5.74) is -0.427. The topological polar surface area (TPSA) is 66.5 Å².